The normalized spacial score (nSPS) is 18.3. The van der Waals surface area contributed by atoms with Gasteiger partial charge in [0.25, 0.3) is 5.91 Å². The fourth-order valence-electron chi connectivity index (χ4n) is 2.32. The van der Waals surface area contributed by atoms with Crippen molar-refractivity contribution in [1.29, 1.82) is 0 Å². The highest BCUT2D eigenvalue weighted by molar-refractivity contribution is 9.10. The molecule has 0 radical (unpaired) electrons. The SMILES string of the molecule is CC1(NC(=O)c2cc(C(F)(F)F)ccc2Br)CCNCC1. The van der Waals surface area contributed by atoms with E-state index in [2.05, 4.69) is 26.6 Å². The molecule has 0 aliphatic carbocycles. The number of carbonyl (C=O) groups is 1. The fraction of sp³-hybridized carbons (Fsp3) is 0.500. The first-order valence-electron chi connectivity index (χ1n) is 6.61. The minimum Gasteiger partial charge on any atom is -0.347 e. The molecule has 2 rings (SSSR count). The smallest absolute Gasteiger partial charge is 0.347 e. The monoisotopic (exact) mass is 364 g/mol. The predicted molar refractivity (Wildman–Crippen MR) is 77.1 cm³/mol. The van der Waals surface area contributed by atoms with Crippen molar-refractivity contribution < 1.29 is 18.0 Å². The van der Waals surface area contributed by atoms with Crippen LogP contribution >= 0.6 is 15.9 Å². The maximum absolute atomic E-state index is 12.7. The van der Waals surface area contributed by atoms with Gasteiger partial charge in [0.15, 0.2) is 0 Å². The van der Waals surface area contributed by atoms with E-state index in [0.29, 0.717) is 4.47 Å². The van der Waals surface area contributed by atoms with E-state index in [0.717, 1.165) is 38.1 Å². The van der Waals surface area contributed by atoms with Gasteiger partial charge in [-0.3, -0.25) is 4.79 Å². The minimum atomic E-state index is -4.46. The van der Waals surface area contributed by atoms with Crippen LogP contribution in [0.5, 0.6) is 0 Å². The van der Waals surface area contributed by atoms with Crippen molar-refractivity contribution in [1.82, 2.24) is 10.6 Å². The maximum Gasteiger partial charge on any atom is 0.416 e. The first kappa shape index (κ1) is 16.3. The number of hydrogen-bond acceptors (Lipinski definition) is 2. The van der Waals surface area contributed by atoms with Crippen molar-refractivity contribution in [2.45, 2.75) is 31.5 Å². The second kappa shape index (κ2) is 5.96. The van der Waals surface area contributed by atoms with E-state index in [9.17, 15) is 18.0 Å². The van der Waals surface area contributed by atoms with Crippen LogP contribution in [-0.4, -0.2) is 24.5 Å². The Labute approximate surface area is 129 Å². The third-order valence-corrected chi connectivity index (χ3v) is 4.35. The van der Waals surface area contributed by atoms with Crippen molar-refractivity contribution in [3.63, 3.8) is 0 Å². The lowest BCUT2D eigenvalue weighted by atomic mass is 9.90. The quantitative estimate of drug-likeness (QED) is 0.844. The zero-order valence-corrected chi connectivity index (χ0v) is 13.1. The summed E-state index contributed by atoms with van der Waals surface area (Å²) in [5.41, 5.74) is -1.22. The number of benzene rings is 1. The van der Waals surface area contributed by atoms with E-state index < -0.39 is 23.2 Å². The average Bonchev–Trinajstić information content (AvgIpc) is 2.38. The van der Waals surface area contributed by atoms with Gasteiger partial charge in [-0.1, -0.05) is 0 Å². The van der Waals surface area contributed by atoms with Crippen LogP contribution in [-0.2, 0) is 6.18 Å². The largest absolute Gasteiger partial charge is 0.416 e. The summed E-state index contributed by atoms with van der Waals surface area (Å²) in [4.78, 5) is 12.3. The molecule has 1 aromatic carbocycles. The second-order valence-electron chi connectivity index (χ2n) is 5.46. The Balaban J connectivity index is 2.22. The highest BCUT2D eigenvalue weighted by atomic mass is 79.9. The standard InChI is InChI=1S/C14H16BrF3N2O/c1-13(4-6-19-7-5-13)20-12(21)10-8-9(14(16,17)18)2-3-11(10)15/h2-3,8,19H,4-7H2,1H3,(H,20,21). The molecule has 1 fully saturated rings. The Morgan fingerprint density at radius 1 is 1.33 bits per heavy atom. The number of nitrogens with one attached hydrogen (secondary N) is 2. The third-order valence-electron chi connectivity index (χ3n) is 3.66. The van der Waals surface area contributed by atoms with Gasteiger partial charge in [0, 0.05) is 10.0 Å². The second-order valence-corrected chi connectivity index (χ2v) is 6.31. The van der Waals surface area contributed by atoms with Crippen molar-refractivity contribution in [3.8, 4) is 0 Å². The average molecular weight is 365 g/mol. The number of hydrogen-bond donors (Lipinski definition) is 2. The van der Waals surface area contributed by atoms with Crippen molar-refractivity contribution in [3.05, 3.63) is 33.8 Å². The highest BCUT2D eigenvalue weighted by Gasteiger charge is 2.33. The summed E-state index contributed by atoms with van der Waals surface area (Å²) in [6, 6.07) is 3.08. The maximum atomic E-state index is 12.7. The molecule has 1 aromatic rings. The molecule has 0 unspecified atom stereocenters. The topological polar surface area (TPSA) is 41.1 Å². The van der Waals surface area contributed by atoms with Gasteiger partial charge in [0.1, 0.15) is 0 Å². The first-order chi connectivity index (χ1) is 9.71. The number of carbonyl (C=O) groups excluding carboxylic acids is 1. The molecule has 1 heterocycles. The number of piperidine rings is 1. The zero-order chi connectivity index (χ0) is 15.7. The summed E-state index contributed by atoms with van der Waals surface area (Å²) in [5, 5.41) is 6.04. The van der Waals surface area contributed by atoms with E-state index in [1.807, 2.05) is 6.92 Å². The lowest BCUT2D eigenvalue weighted by Crippen LogP contribution is -2.52. The molecule has 0 saturated carbocycles. The molecule has 1 aliphatic rings. The van der Waals surface area contributed by atoms with Gasteiger partial charge in [-0.15, -0.1) is 0 Å². The lowest BCUT2D eigenvalue weighted by Gasteiger charge is -2.35. The van der Waals surface area contributed by atoms with Crippen molar-refractivity contribution in [2.24, 2.45) is 0 Å². The Morgan fingerprint density at radius 2 is 1.95 bits per heavy atom. The lowest BCUT2D eigenvalue weighted by molar-refractivity contribution is -0.137. The minimum absolute atomic E-state index is 0.00424. The molecular weight excluding hydrogens is 349 g/mol. The van der Waals surface area contributed by atoms with E-state index in [1.54, 1.807) is 0 Å². The summed E-state index contributed by atoms with van der Waals surface area (Å²) in [5.74, 6) is -0.489. The molecule has 0 atom stereocenters. The van der Waals surface area contributed by atoms with E-state index >= 15 is 0 Å². The molecule has 1 aliphatic heterocycles. The van der Waals surface area contributed by atoms with Crippen LogP contribution in [0.4, 0.5) is 13.2 Å². The molecular formula is C14H16BrF3N2O. The molecule has 1 amide bonds. The molecule has 0 aromatic heterocycles. The Morgan fingerprint density at radius 3 is 2.52 bits per heavy atom. The van der Waals surface area contributed by atoms with Gasteiger partial charge in [-0.05, 0) is 67.0 Å². The van der Waals surface area contributed by atoms with Crippen molar-refractivity contribution in [2.75, 3.05) is 13.1 Å². The molecule has 7 heteroatoms. The van der Waals surface area contributed by atoms with E-state index in [1.165, 1.54) is 6.07 Å². The molecule has 1 saturated heterocycles. The molecule has 2 N–H and O–H groups in total. The summed E-state index contributed by atoms with van der Waals surface area (Å²) in [7, 11) is 0. The molecule has 0 spiro atoms. The van der Waals surface area contributed by atoms with Crippen molar-refractivity contribution >= 4 is 21.8 Å². The van der Waals surface area contributed by atoms with E-state index in [-0.39, 0.29) is 5.56 Å². The summed E-state index contributed by atoms with van der Waals surface area (Å²) >= 11 is 3.14. The Kier molecular flexibility index (Phi) is 4.63. The van der Waals surface area contributed by atoms with Crippen LogP contribution in [0.3, 0.4) is 0 Å². The van der Waals surface area contributed by atoms with Gasteiger partial charge in [-0.2, -0.15) is 13.2 Å². The van der Waals surface area contributed by atoms with Gasteiger partial charge in [0.05, 0.1) is 11.1 Å². The molecule has 3 nitrogen and oxygen atoms in total. The summed E-state index contributed by atoms with van der Waals surface area (Å²) in [6.07, 6.45) is -2.97. The number of alkyl halides is 3. The Hall–Kier alpha value is -1.08. The van der Waals surface area contributed by atoms with Crippen LogP contribution in [0.15, 0.2) is 22.7 Å². The summed E-state index contributed by atoms with van der Waals surface area (Å²) in [6.45, 7) is 3.47. The molecule has 21 heavy (non-hydrogen) atoms. The first-order valence-corrected chi connectivity index (χ1v) is 7.41. The fourth-order valence-corrected chi connectivity index (χ4v) is 2.75. The van der Waals surface area contributed by atoms with Gasteiger partial charge in [0.2, 0.25) is 0 Å². The van der Waals surface area contributed by atoms with Gasteiger partial charge in [-0.25, -0.2) is 0 Å². The van der Waals surface area contributed by atoms with Crippen LogP contribution < -0.4 is 10.6 Å². The van der Waals surface area contributed by atoms with Crippen LogP contribution in [0.25, 0.3) is 0 Å². The number of amides is 1. The van der Waals surface area contributed by atoms with Crippen LogP contribution in [0, 0.1) is 0 Å². The van der Waals surface area contributed by atoms with Gasteiger partial charge >= 0.3 is 6.18 Å². The predicted octanol–water partition coefficient (Wildman–Crippen LogP) is 3.34. The third kappa shape index (κ3) is 3.97. The van der Waals surface area contributed by atoms with Gasteiger partial charge < -0.3 is 10.6 Å². The van der Waals surface area contributed by atoms with Crippen LogP contribution in [0.1, 0.15) is 35.7 Å². The molecule has 116 valence electrons. The number of halogens is 4. The zero-order valence-electron chi connectivity index (χ0n) is 11.5. The number of rotatable bonds is 2. The highest BCUT2D eigenvalue weighted by Crippen LogP contribution is 2.32. The summed E-state index contributed by atoms with van der Waals surface area (Å²) < 4.78 is 38.6. The van der Waals surface area contributed by atoms with Crippen LogP contribution in [0.2, 0.25) is 0 Å². The van der Waals surface area contributed by atoms with E-state index in [4.69, 9.17) is 0 Å². The molecule has 0 bridgehead atoms. The Bertz CT molecular complexity index is 540.